The highest BCUT2D eigenvalue weighted by atomic mass is 16.5. The standard InChI is InChI=1S/C16H18N2O3/c1-20-13-4-5-15-12(9-13)10-18(16(19)6-7-17-15)11-14-3-2-8-21-14/h2-5,8-9,17H,6-7,10-11H2,1H3. The second kappa shape index (κ2) is 5.91. The molecule has 3 rings (SSSR count). The van der Waals surface area contributed by atoms with Crippen molar-refractivity contribution in [2.75, 3.05) is 19.0 Å². The zero-order valence-electron chi connectivity index (χ0n) is 12.0. The van der Waals surface area contributed by atoms with Crippen LogP contribution in [-0.2, 0) is 17.9 Å². The number of fused-ring (bicyclic) bond motifs is 1. The average molecular weight is 286 g/mol. The Labute approximate surface area is 123 Å². The van der Waals surface area contributed by atoms with Crippen molar-refractivity contribution in [2.45, 2.75) is 19.5 Å². The summed E-state index contributed by atoms with van der Waals surface area (Å²) in [5.74, 6) is 1.70. The third-order valence-electron chi connectivity index (χ3n) is 3.61. The first kappa shape index (κ1) is 13.5. The second-order valence-corrected chi connectivity index (χ2v) is 5.03. The van der Waals surface area contributed by atoms with E-state index in [1.165, 1.54) is 0 Å². The van der Waals surface area contributed by atoms with Crippen molar-refractivity contribution in [3.05, 3.63) is 47.9 Å². The van der Waals surface area contributed by atoms with Gasteiger partial charge in [0.25, 0.3) is 0 Å². The molecular formula is C16H18N2O3. The Morgan fingerprint density at radius 3 is 3.05 bits per heavy atom. The molecule has 0 bridgehead atoms. The molecule has 0 unspecified atom stereocenters. The van der Waals surface area contributed by atoms with Crippen LogP contribution in [0.3, 0.4) is 0 Å². The van der Waals surface area contributed by atoms with Crippen LogP contribution >= 0.6 is 0 Å². The van der Waals surface area contributed by atoms with E-state index in [4.69, 9.17) is 9.15 Å². The number of amides is 1. The van der Waals surface area contributed by atoms with Crippen LogP contribution in [0.1, 0.15) is 17.7 Å². The van der Waals surface area contributed by atoms with Crippen molar-refractivity contribution >= 4 is 11.6 Å². The van der Waals surface area contributed by atoms with Gasteiger partial charge in [0.1, 0.15) is 11.5 Å². The van der Waals surface area contributed by atoms with E-state index in [1.807, 2.05) is 35.2 Å². The van der Waals surface area contributed by atoms with Crippen molar-refractivity contribution in [3.8, 4) is 5.75 Å². The molecule has 1 aromatic heterocycles. The lowest BCUT2D eigenvalue weighted by Gasteiger charge is -2.26. The molecule has 5 heteroatoms. The molecule has 5 nitrogen and oxygen atoms in total. The normalized spacial score (nSPS) is 14.9. The summed E-state index contributed by atoms with van der Waals surface area (Å²) < 4.78 is 10.6. The van der Waals surface area contributed by atoms with Crippen LogP contribution in [0.4, 0.5) is 5.69 Å². The zero-order chi connectivity index (χ0) is 14.7. The molecule has 1 aromatic carbocycles. The van der Waals surface area contributed by atoms with Gasteiger partial charge in [-0.25, -0.2) is 0 Å². The quantitative estimate of drug-likeness (QED) is 0.942. The Morgan fingerprint density at radius 2 is 2.29 bits per heavy atom. The predicted molar refractivity (Wildman–Crippen MR) is 79.1 cm³/mol. The van der Waals surface area contributed by atoms with E-state index < -0.39 is 0 Å². The average Bonchev–Trinajstić information content (AvgIpc) is 2.99. The number of furan rings is 1. The molecular weight excluding hydrogens is 268 g/mol. The third-order valence-corrected chi connectivity index (χ3v) is 3.61. The summed E-state index contributed by atoms with van der Waals surface area (Å²) in [6.07, 6.45) is 2.11. The van der Waals surface area contributed by atoms with Gasteiger partial charge in [0.15, 0.2) is 0 Å². The van der Waals surface area contributed by atoms with Crippen LogP contribution < -0.4 is 10.1 Å². The number of ether oxygens (including phenoxy) is 1. The highest BCUT2D eigenvalue weighted by Crippen LogP contribution is 2.26. The number of hydrogen-bond donors (Lipinski definition) is 1. The molecule has 1 N–H and O–H groups in total. The lowest BCUT2D eigenvalue weighted by atomic mass is 10.1. The smallest absolute Gasteiger partial charge is 0.225 e. The highest BCUT2D eigenvalue weighted by molar-refractivity contribution is 5.77. The number of hydrogen-bond acceptors (Lipinski definition) is 4. The maximum Gasteiger partial charge on any atom is 0.225 e. The molecule has 0 saturated carbocycles. The number of benzene rings is 1. The fourth-order valence-electron chi connectivity index (χ4n) is 2.49. The minimum absolute atomic E-state index is 0.118. The van der Waals surface area contributed by atoms with Crippen LogP contribution in [-0.4, -0.2) is 24.5 Å². The van der Waals surface area contributed by atoms with Crippen LogP contribution in [0.25, 0.3) is 0 Å². The first-order chi connectivity index (χ1) is 10.3. The Balaban J connectivity index is 1.87. The Morgan fingerprint density at radius 1 is 1.38 bits per heavy atom. The monoisotopic (exact) mass is 286 g/mol. The van der Waals surface area contributed by atoms with Gasteiger partial charge in [0, 0.05) is 25.2 Å². The molecule has 1 aliphatic rings. The molecule has 0 radical (unpaired) electrons. The molecule has 110 valence electrons. The van der Waals surface area contributed by atoms with Gasteiger partial charge in [-0.15, -0.1) is 0 Å². The molecule has 2 aromatic rings. The van der Waals surface area contributed by atoms with Crippen molar-refractivity contribution in [1.82, 2.24) is 4.90 Å². The molecule has 0 aliphatic carbocycles. The van der Waals surface area contributed by atoms with Gasteiger partial charge in [0.2, 0.25) is 5.91 Å². The minimum Gasteiger partial charge on any atom is -0.497 e. The van der Waals surface area contributed by atoms with E-state index in [0.29, 0.717) is 26.1 Å². The summed E-state index contributed by atoms with van der Waals surface area (Å²) in [4.78, 5) is 14.1. The third kappa shape index (κ3) is 3.02. The minimum atomic E-state index is 0.118. The van der Waals surface area contributed by atoms with Gasteiger partial charge in [-0.3, -0.25) is 4.79 Å². The van der Waals surface area contributed by atoms with Gasteiger partial charge in [0.05, 0.1) is 19.9 Å². The van der Waals surface area contributed by atoms with Crippen molar-refractivity contribution in [2.24, 2.45) is 0 Å². The first-order valence-electron chi connectivity index (χ1n) is 6.97. The molecule has 1 amide bonds. The highest BCUT2D eigenvalue weighted by Gasteiger charge is 2.20. The number of carbonyl (C=O) groups is 1. The summed E-state index contributed by atoms with van der Waals surface area (Å²) in [7, 11) is 1.64. The first-order valence-corrected chi connectivity index (χ1v) is 6.97. The molecule has 1 aliphatic heterocycles. The fraction of sp³-hybridized carbons (Fsp3) is 0.312. The van der Waals surface area contributed by atoms with E-state index in [2.05, 4.69) is 5.32 Å². The van der Waals surface area contributed by atoms with E-state index in [-0.39, 0.29) is 5.91 Å². The summed E-state index contributed by atoms with van der Waals surface area (Å²) in [6.45, 7) is 1.66. The summed E-state index contributed by atoms with van der Waals surface area (Å²) >= 11 is 0. The number of anilines is 1. The molecule has 0 spiro atoms. The zero-order valence-corrected chi connectivity index (χ0v) is 12.0. The molecule has 0 atom stereocenters. The van der Waals surface area contributed by atoms with Crippen LogP contribution in [0.5, 0.6) is 5.75 Å². The SMILES string of the molecule is COc1ccc2c(c1)CN(Cc1ccco1)C(=O)CCN2. The maximum absolute atomic E-state index is 12.3. The predicted octanol–water partition coefficient (Wildman–Crippen LogP) is 2.63. The van der Waals surface area contributed by atoms with E-state index in [1.54, 1.807) is 13.4 Å². The van der Waals surface area contributed by atoms with Crippen molar-refractivity contribution in [3.63, 3.8) is 0 Å². The topological polar surface area (TPSA) is 54.7 Å². The number of carbonyl (C=O) groups excluding carboxylic acids is 1. The fourth-order valence-corrected chi connectivity index (χ4v) is 2.49. The molecule has 2 heterocycles. The number of rotatable bonds is 3. The van der Waals surface area contributed by atoms with Crippen LogP contribution in [0.15, 0.2) is 41.0 Å². The van der Waals surface area contributed by atoms with Crippen LogP contribution in [0, 0.1) is 0 Å². The van der Waals surface area contributed by atoms with Gasteiger partial charge >= 0.3 is 0 Å². The van der Waals surface area contributed by atoms with Gasteiger partial charge in [-0.1, -0.05) is 0 Å². The van der Waals surface area contributed by atoms with Crippen molar-refractivity contribution < 1.29 is 13.9 Å². The maximum atomic E-state index is 12.3. The molecule has 21 heavy (non-hydrogen) atoms. The molecule has 0 fully saturated rings. The van der Waals surface area contributed by atoms with Gasteiger partial charge < -0.3 is 19.4 Å². The largest absolute Gasteiger partial charge is 0.497 e. The Hall–Kier alpha value is -2.43. The summed E-state index contributed by atoms with van der Waals surface area (Å²) in [6, 6.07) is 9.61. The molecule has 0 saturated heterocycles. The number of methoxy groups -OCH3 is 1. The Bertz CT molecular complexity index is 622. The summed E-state index contributed by atoms with van der Waals surface area (Å²) in [5, 5.41) is 3.30. The summed E-state index contributed by atoms with van der Waals surface area (Å²) in [5.41, 5.74) is 2.10. The lowest BCUT2D eigenvalue weighted by molar-refractivity contribution is -0.132. The van der Waals surface area contributed by atoms with Gasteiger partial charge in [-0.2, -0.15) is 0 Å². The van der Waals surface area contributed by atoms with E-state index in [0.717, 1.165) is 22.8 Å². The van der Waals surface area contributed by atoms with E-state index >= 15 is 0 Å². The van der Waals surface area contributed by atoms with Crippen LogP contribution in [0.2, 0.25) is 0 Å². The van der Waals surface area contributed by atoms with Crippen molar-refractivity contribution in [1.29, 1.82) is 0 Å². The number of nitrogens with one attached hydrogen (secondary N) is 1. The Kier molecular flexibility index (Phi) is 3.81. The number of nitrogens with zero attached hydrogens (tertiary/aromatic N) is 1. The van der Waals surface area contributed by atoms with Gasteiger partial charge in [-0.05, 0) is 35.9 Å². The van der Waals surface area contributed by atoms with E-state index in [9.17, 15) is 4.79 Å². The lowest BCUT2D eigenvalue weighted by Crippen LogP contribution is -2.33. The second-order valence-electron chi connectivity index (χ2n) is 5.03.